The molecule has 2 aromatic rings. The van der Waals surface area contributed by atoms with Crippen LogP contribution in [0.15, 0.2) is 48.5 Å². The van der Waals surface area contributed by atoms with Crippen molar-refractivity contribution in [2.24, 2.45) is 0 Å². The van der Waals surface area contributed by atoms with Crippen molar-refractivity contribution in [2.75, 3.05) is 7.05 Å². The van der Waals surface area contributed by atoms with Crippen molar-refractivity contribution in [1.29, 1.82) is 0 Å². The summed E-state index contributed by atoms with van der Waals surface area (Å²) < 4.78 is 0. The molecule has 25 heavy (non-hydrogen) atoms. The zero-order chi connectivity index (χ0) is 18.6. The van der Waals surface area contributed by atoms with E-state index in [0.29, 0.717) is 16.1 Å². The number of aromatic hydroxyl groups is 1. The predicted molar refractivity (Wildman–Crippen MR) is 91.3 cm³/mol. The third-order valence-corrected chi connectivity index (χ3v) is 4.05. The molecular formula is C18H18ClNO5. The molecule has 2 rings (SSSR count). The number of hydroxylamine groups is 2. The van der Waals surface area contributed by atoms with Gasteiger partial charge in [0.1, 0.15) is 11.4 Å². The minimum absolute atomic E-state index is 0.00934. The molecule has 0 radical (unpaired) electrons. The Labute approximate surface area is 149 Å². The molecule has 0 spiro atoms. The van der Waals surface area contributed by atoms with Crippen LogP contribution in [0.5, 0.6) is 5.75 Å². The molecule has 0 saturated heterocycles. The van der Waals surface area contributed by atoms with Gasteiger partial charge in [-0.15, -0.1) is 0 Å². The second-order valence-electron chi connectivity index (χ2n) is 5.81. The van der Waals surface area contributed by atoms with Crippen molar-refractivity contribution < 1.29 is 25.0 Å². The van der Waals surface area contributed by atoms with Crippen LogP contribution in [0.4, 0.5) is 0 Å². The van der Waals surface area contributed by atoms with E-state index in [2.05, 4.69) is 0 Å². The van der Waals surface area contributed by atoms with E-state index in [0.717, 1.165) is 7.05 Å². The Bertz CT molecular complexity index is 758. The molecule has 1 atom stereocenters. The average Bonchev–Trinajstić information content (AvgIpc) is 2.56. The number of halogens is 1. The standard InChI is InChI=1S/C18H18ClNO5/c1-20(25)17(23)16(22)11-18(24,13-4-8-15(21)9-5-13)10-12-2-6-14(19)7-3-12/h2-9,21,24-25H,10-11H2,1H3. The molecule has 0 aliphatic carbocycles. The molecule has 0 heterocycles. The largest absolute Gasteiger partial charge is 0.508 e. The van der Waals surface area contributed by atoms with Gasteiger partial charge in [0.2, 0.25) is 5.78 Å². The first-order chi connectivity index (χ1) is 11.7. The maximum absolute atomic E-state index is 12.1. The first kappa shape index (κ1) is 18.9. The number of benzene rings is 2. The second-order valence-corrected chi connectivity index (χ2v) is 6.25. The Morgan fingerprint density at radius 1 is 1.08 bits per heavy atom. The molecule has 0 aliphatic rings. The number of aliphatic hydroxyl groups is 1. The number of ketones is 1. The quantitative estimate of drug-likeness (QED) is 0.415. The van der Waals surface area contributed by atoms with Gasteiger partial charge in [-0.05, 0) is 35.4 Å². The lowest BCUT2D eigenvalue weighted by atomic mass is 9.83. The Balaban J connectivity index is 2.36. The van der Waals surface area contributed by atoms with E-state index < -0.39 is 23.7 Å². The maximum atomic E-state index is 12.1. The highest BCUT2D eigenvalue weighted by molar-refractivity contribution is 6.35. The molecule has 3 N–H and O–H groups in total. The molecule has 0 saturated carbocycles. The molecule has 2 aromatic carbocycles. The third-order valence-electron chi connectivity index (χ3n) is 3.80. The van der Waals surface area contributed by atoms with Crippen molar-refractivity contribution in [3.8, 4) is 5.75 Å². The van der Waals surface area contributed by atoms with E-state index in [-0.39, 0.29) is 17.2 Å². The highest BCUT2D eigenvalue weighted by Gasteiger charge is 2.35. The lowest BCUT2D eigenvalue weighted by Gasteiger charge is -2.28. The topological polar surface area (TPSA) is 98.1 Å². The van der Waals surface area contributed by atoms with Gasteiger partial charge in [-0.1, -0.05) is 35.9 Å². The summed E-state index contributed by atoms with van der Waals surface area (Å²) in [6, 6.07) is 12.4. The number of carbonyl (C=O) groups excluding carboxylic acids is 2. The van der Waals surface area contributed by atoms with E-state index in [4.69, 9.17) is 16.8 Å². The normalized spacial score (nSPS) is 13.1. The predicted octanol–water partition coefficient (Wildman–Crippen LogP) is 2.28. The molecule has 0 aromatic heterocycles. The summed E-state index contributed by atoms with van der Waals surface area (Å²) >= 11 is 5.86. The summed E-state index contributed by atoms with van der Waals surface area (Å²) in [4.78, 5) is 23.8. The number of carbonyl (C=O) groups is 2. The minimum atomic E-state index is -1.69. The summed E-state index contributed by atoms with van der Waals surface area (Å²) in [6.07, 6.45) is -0.479. The van der Waals surface area contributed by atoms with Gasteiger partial charge in [-0.25, -0.2) is 5.06 Å². The van der Waals surface area contributed by atoms with Crippen molar-refractivity contribution >= 4 is 23.3 Å². The Morgan fingerprint density at radius 2 is 1.64 bits per heavy atom. The number of hydrogen-bond donors (Lipinski definition) is 3. The lowest BCUT2D eigenvalue weighted by Crippen LogP contribution is -2.38. The molecule has 0 aliphatic heterocycles. The molecule has 1 unspecified atom stereocenters. The lowest BCUT2D eigenvalue weighted by molar-refractivity contribution is -0.167. The van der Waals surface area contributed by atoms with E-state index in [9.17, 15) is 19.8 Å². The number of phenols is 1. The summed E-state index contributed by atoms with van der Waals surface area (Å²) in [5, 5.41) is 30.4. The van der Waals surface area contributed by atoms with Crippen LogP contribution in [0, 0.1) is 0 Å². The minimum Gasteiger partial charge on any atom is -0.508 e. The van der Waals surface area contributed by atoms with Crippen molar-refractivity contribution in [1.82, 2.24) is 5.06 Å². The fourth-order valence-corrected chi connectivity index (χ4v) is 2.63. The SMILES string of the molecule is CN(O)C(=O)C(=O)CC(O)(Cc1ccc(Cl)cc1)c1ccc(O)cc1. The summed E-state index contributed by atoms with van der Waals surface area (Å²) in [6.45, 7) is 0. The number of rotatable bonds is 6. The molecule has 1 amide bonds. The molecule has 132 valence electrons. The number of Topliss-reactive ketones (excluding diaryl/α,β-unsaturated/α-hetero) is 1. The fourth-order valence-electron chi connectivity index (χ4n) is 2.50. The van der Waals surface area contributed by atoms with Gasteiger partial charge in [0.05, 0.1) is 0 Å². The number of nitrogens with zero attached hydrogens (tertiary/aromatic N) is 1. The van der Waals surface area contributed by atoms with Crippen LogP contribution in [-0.2, 0) is 21.6 Å². The second kappa shape index (κ2) is 7.65. The van der Waals surface area contributed by atoms with Crippen molar-refractivity contribution in [3.63, 3.8) is 0 Å². The molecule has 0 fully saturated rings. The van der Waals surface area contributed by atoms with Crippen LogP contribution >= 0.6 is 11.6 Å². The maximum Gasteiger partial charge on any atom is 0.313 e. The first-order valence-electron chi connectivity index (χ1n) is 7.47. The fraction of sp³-hybridized carbons (Fsp3) is 0.222. The monoisotopic (exact) mass is 363 g/mol. The summed E-state index contributed by atoms with van der Waals surface area (Å²) in [7, 11) is 1.04. The van der Waals surface area contributed by atoms with Crippen LogP contribution in [0.1, 0.15) is 17.5 Å². The van der Waals surface area contributed by atoms with E-state index in [1.807, 2.05) is 0 Å². The summed E-state index contributed by atoms with van der Waals surface area (Å²) in [5.74, 6) is -2.04. The van der Waals surface area contributed by atoms with Gasteiger partial charge in [-0.2, -0.15) is 0 Å². The van der Waals surface area contributed by atoms with Gasteiger partial charge in [0, 0.05) is 24.9 Å². The average molecular weight is 364 g/mol. The van der Waals surface area contributed by atoms with Crippen LogP contribution in [0.3, 0.4) is 0 Å². The van der Waals surface area contributed by atoms with E-state index in [1.165, 1.54) is 24.3 Å². The summed E-state index contributed by atoms with van der Waals surface area (Å²) in [5.41, 5.74) is -0.621. The van der Waals surface area contributed by atoms with Crippen molar-refractivity contribution in [3.05, 3.63) is 64.7 Å². The van der Waals surface area contributed by atoms with Gasteiger partial charge in [0.25, 0.3) is 0 Å². The van der Waals surface area contributed by atoms with Crippen molar-refractivity contribution in [2.45, 2.75) is 18.4 Å². The first-order valence-corrected chi connectivity index (χ1v) is 7.85. The zero-order valence-corrected chi connectivity index (χ0v) is 14.3. The van der Waals surface area contributed by atoms with Gasteiger partial charge < -0.3 is 10.2 Å². The van der Waals surface area contributed by atoms with Crippen LogP contribution in [-0.4, -0.2) is 39.2 Å². The van der Waals surface area contributed by atoms with Crippen LogP contribution in [0.2, 0.25) is 5.02 Å². The molecule has 7 heteroatoms. The Hall–Kier alpha value is -2.41. The number of amides is 1. The van der Waals surface area contributed by atoms with Gasteiger partial charge in [0.15, 0.2) is 0 Å². The van der Waals surface area contributed by atoms with Crippen LogP contribution in [0.25, 0.3) is 0 Å². The molecular weight excluding hydrogens is 346 g/mol. The van der Waals surface area contributed by atoms with E-state index in [1.54, 1.807) is 24.3 Å². The molecule has 6 nitrogen and oxygen atoms in total. The highest BCUT2D eigenvalue weighted by Crippen LogP contribution is 2.31. The van der Waals surface area contributed by atoms with Gasteiger partial charge >= 0.3 is 5.91 Å². The Morgan fingerprint density at radius 3 is 2.16 bits per heavy atom. The zero-order valence-electron chi connectivity index (χ0n) is 13.5. The number of hydrogen-bond acceptors (Lipinski definition) is 5. The van der Waals surface area contributed by atoms with Crippen LogP contribution < -0.4 is 0 Å². The third kappa shape index (κ3) is 4.79. The van der Waals surface area contributed by atoms with Gasteiger partial charge in [-0.3, -0.25) is 14.8 Å². The molecule has 0 bridgehead atoms. The smallest absolute Gasteiger partial charge is 0.313 e. The number of likely N-dealkylation sites (N-methyl/N-ethyl adjacent to an activating group) is 1. The number of phenolic OH excluding ortho intramolecular Hbond substituents is 1. The Kier molecular flexibility index (Phi) is 5.79. The van der Waals surface area contributed by atoms with E-state index >= 15 is 0 Å². The highest BCUT2D eigenvalue weighted by atomic mass is 35.5.